The third-order valence-electron chi connectivity index (χ3n) is 3.45. The van der Waals surface area contributed by atoms with Crippen LogP contribution in [0.2, 0.25) is 0 Å². The first kappa shape index (κ1) is 14.8. The fourth-order valence-corrected chi connectivity index (χ4v) is 2.93. The second-order valence-electron chi connectivity index (χ2n) is 5.50. The fourth-order valence-electron chi connectivity index (χ4n) is 1.82. The summed E-state index contributed by atoms with van der Waals surface area (Å²) in [5, 5.41) is 6.53. The Bertz CT molecular complexity index is 250. The first-order valence-electron chi connectivity index (χ1n) is 6.60. The zero-order chi connectivity index (χ0) is 12.9. The Morgan fingerprint density at radius 3 is 2.53 bits per heavy atom. The average Bonchev–Trinajstić information content (AvgIpc) is 2.30. The molecule has 1 aliphatic rings. The quantitative estimate of drug-likeness (QED) is 0.794. The van der Waals surface area contributed by atoms with Crippen molar-refractivity contribution in [3.63, 3.8) is 0 Å². The lowest BCUT2D eigenvalue weighted by molar-refractivity contribution is -0.124. The molecule has 1 fully saturated rings. The normalized spacial score (nSPS) is 20.0. The van der Waals surface area contributed by atoms with Crippen molar-refractivity contribution >= 4 is 17.7 Å². The Morgan fingerprint density at radius 2 is 2.00 bits per heavy atom. The molecule has 1 aliphatic heterocycles. The molecule has 1 heterocycles. The van der Waals surface area contributed by atoms with E-state index in [0.717, 1.165) is 6.42 Å². The summed E-state index contributed by atoms with van der Waals surface area (Å²) < 4.78 is 0. The third-order valence-corrected chi connectivity index (χ3v) is 4.49. The molecule has 3 nitrogen and oxygen atoms in total. The largest absolute Gasteiger partial charge is 0.350 e. The number of carbonyl (C=O) groups is 1. The van der Waals surface area contributed by atoms with Gasteiger partial charge < -0.3 is 10.6 Å². The van der Waals surface area contributed by atoms with E-state index in [1.165, 1.54) is 24.3 Å². The van der Waals surface area contributed by atoms with Crippen LogP contribution in [0.4, 0.5) is 0 Å². The van der Waals surface area contributed by atoms with Gasteiger partial charge in [0.2, 0.25) is 5.91 Å². The maximum atomic E-state index is 12.0. The predicted molar refractivity (Wildman–Crippen MR) is 75.5 cm³/mol. The minimum atomic E-state index is -0.102. The van der Waals surface area contributed by atoms with Crippen LogP contribution in [0.3, 0.4) is 0 Å². The van der Waals surface area contributed by atoms with Gasteiger partial charge in [0, 0.05) is 11.6 Å². The lowest BCUT2D eigenvalue weighted by Gasteiger charge is -2.30. The second-order valence-corrected chi connectivity index (χ2v) is 6.73. The van der Waals surface area contributed by atoms with Crippen LogP contribution < -0.4 is 10.6 Å². The van der Waals surface area contributed by atoms with Crippen molar-refractivity contribution in [1.29, 1.82) is 0 Å². The monoisotopic (exact) mass is 258 g/mol. The van der Waals surface area contributed by atoms with Gasteiger partial charge in [-0.2, -0.15) is 11.8 Å². The molecule has 0 aromatic heterocycles. The molecule has 0 aromatic carbocycles. The smallest absolute Gasteiger partial charge is 0.237 e. The summed E-state index contributed by atoms with van der Waals surface area (Å²) in [5.41, 5.74) is -0.102. The van der Waals surface area contributed by atoms with Crippen LogP contribution in [0.5, 0.6) is 0 Å². The lowest BCUT2D eigenvalue weighted by Crippen LogP contribution is -2.53. The third kappa shape index (κ3) is 5.30. The van der Waals surface area contributed by atoms with Gasteiger partial charge in [0.15, 0.2) is 0 Å². The van der Waals surface area contributed by atoms with Gasteiger partial charge in [0.1, 0.15) is 0 Å². The van der Waals surface area contributed by atoms with Crippen LogP contribution in [-0.4, -0.2) is 35.0 Å². The van der Waals surface area contributed by atoms with Crippen molar-refractivity contribution < 1.29 is 4.79 Å². The number of hydrogen-bond donors (Lipinski definition) is 2. The first-order chi connectivity index (χ1) is 7.94. The summed E-state index contributed by atoms with van der Waals surface area (Å²) >= 11 is 2.01. The van der Waals surface area contributed by atoms with Gasteiger partial charge in [-0.25, -0.2) is 0 Å². The summed E-state index contributed by atoms with van der Waals surface area (Å²) in [6, 6.07) is 0.427. The highest BCUT2D eigenvalue weighted by atomic mass is 32.2. The van der Waals surface area contributed by atoms with Gasteiger partial charge in [0.05, 0.1) is 6.04 Å². The Kier molecular flexibility index (Phi) is 5.80. The molecule has 0 aliphatic carbocycles. The molecular formula is C13H26N2OS. The van der Waals surface area contributed by atoms with Crippen LogP contribution in [-0.2, 0) is 4.79 Å². The number of thioether (sulfide) groups is 1. The molecule has 0 bridgehead atoms. The highest BCUT2D eigenvalue weighted by Crippen LogP contribution is 2.17. The highest BCUT2D eigenvalue weighted by molar-refractivity contribution is 7.99. The highest BCUT2D eigenvalue weighted by Gasteiger charge is 2.24. The van der Waals surface area contributed by atoms with E-state index in [4.69, 9.17) is 0 Å². The fraction of sp³-hybridized carbons (Fsp3) is 0.923. The van der Waals surface area contributed by atoms with E-state index in [0.29, 0.717) is 6.04 Å². The van der Waals surface area contributed by atoms with E-state index in [9.17, 15) is 4.79 Å². The zero-order valence-electron chi connectivity index (χ0n) is 11.5. The zero-order valence-corrected chi connectivity index (χ0v) is 12.3. The Labute approximate surface area is 109 Å². The summed E-state index contributed by atoms with van der Waals surface area (Å²) in [5.74, 6) is 2.55. The molecule has 0 spiro atoms. The van der Waals surface area contributed by atoms with E-state index in [1.807, 2.05) is 18.7 Å². The number of nitrogens with one attached hydrogen (secondary N) is 2. The van der Waals surface area contributed by atoms with Gasteiger partial charge in [-0.05, 0) is 51.5 Å². The maximum absolute atomic E-state index is 12.0. The van der Waals surface area contributed by atoms with Crippen LogP contribution in [0.15, 0.2) is 0 Å². The standard InChI is InChI=1S/C13H26N2OS/c1-5-13(3,4)15-12(16)10(2)14-11-6-8-17-9-7-11/h10-11,14H,5-9H2,1-4H3,(H,15,16). The van der Waals surface area contributed by atoms with Crippen molar-refractivity contribution in [3.05, 3.63) is 0 Å². The first-order valence-corrected chi connectivity index (χ1v) is 7.76. The number of carbonyl (C=O) groups excluding carboxylic acids is 1. The van der Waals surface area contributed by atoms with Crippen LogP contribution in [0.25, 0.3) is 0 Å². The Balaban J connectivity index is 2.35. The van der Waals surface area contributed by atoms with E-state index >= 15 is 0 Å². The molecule has 100 valence electrons. The molecule has 0 saturated carbocycles. The van der Waals surface area contributed by atoms with Crippen LogP contribution in [0, 0.1) is 0 Å². The molecule has 1 rings (SSSR count). The van der Waals surface area contributed by atoms with E-state index in [-0.39, 0.29) is 17.5 Å². The van der Waals surface area contributed by atoms with Gasteiger partial charge in [-0.15, -0.1) is 0 Å². The topological polar surface area (TPSA) is 41.1 Å². The number of amides is 1. The molecule has 1 amide bonds. The molecular weight excluding hydrogens is 232 g/mol. The molecule has 0 aromatic rings. The minimum Gasteiger partial charge on any atom is -0.350 e. The summed E-state index contributed by atoms with van der Waals surface area (Å²) in [6.07, 6.45) is 3.31. The molecule has 4 heteroatoms. The molecule has 1 atom stereocenters. The van der Waals surface area contributed by atoms with E-state index in [1.54, 1.807) is 0 Å². The van der Waals surface area contributed by atoms with Gasteiger partial charge in [-0.3, -0.25) is 4.79 Å². The minimum absolute atomic E-state index is 0.0890. The molecule has 0 radical (unpaired) electrons. The molecule has 17 heavy (non-hydrogen) atoms. The van der Waals surface area contributed by atoms with Crippen molar-refractivity contribution in [3.8, 4) is 0 Å². The maximum Gasteiger partial charge on any atom is 0.237 e. The van der Waals surface area contributed by atoms with Gasteiger partial charge >= 0.3 is 0 Å². The van der Waals surface area contributed by atoms with Crippen LogP contribution in [0.1, 0.15) is 47.0 Å². The van der Waals surface area contributed by atoms with E-state index in [2.05, 4.69) is 31.4 Å². The molecule has 1 saturated heterocycles. The average molecular weight is 258 g/mol. The predicted octanol–water partition coefficient (Wildman–Crippen LogP) is 2.16. The van der Waals surface area contributed by atoms with Crippen molar-refractivity contribution in [1.82, 2.24) is 10.6 Å². The summed E-state index contributed by atoms with van der Waals surface area (Å²) in [6.45, 7) is 8.18. The summed E-state index contributed by atoms with van der Waals surface area (Å²) in [7, 11) is 0. The molecule has 1 unspecified atom stereocenters. The van der Waals surface area contributed by atoms with Gasteiger partial charge in [-0.1, -0.05) is 6.92 Å². The van der Waals surface area contributed by atoms with Crippen molar-refractivity contribution in [2.75, 3.05) is 11.5 Å². The van der Waals surface area contributed by atoms with Crippen molar-refractivity contribution in [2.45, 2.75) is 64.6 Å². The Morgan fingerprint density at radius 1 is 1.41 bits per heavy atom. The molecule has 2 N–H and O–H groups in total. The number of hydrogen-bond acceptors (Lipinski definition) is 3. The Hall–Kier alpha value is -0.220. The van der Waals surface area contributed by atoms with Gasteiger partial charge in [0.25, 0.3) is 0 Å². The lowest BCUT2D eigenvalue weighted by atomic mass is 10.0. The van der Waals surface area contributed by atoms with Crippen LogP contribution >= 0.6 is 11.8 Å². The van der Waals surface area contributed by atoms with E-state index < -0.39 is 0 Å². The SMILES string of the molecule is CCC(C)(C)NC(=O)C(C)NC1CCSCC1. The number of rotatable bonds is 5. The summed E-state index contributed by atoms with van der Waals surface area (Å²) in [4.78, 5) is 12.0. The van der Waals surface area contributed by atoms with Crippen molar-refractivity contribution in [2.24, 2.45) is 0 Å². The second kappa shape index (κ2) is 6.64.